The van der Waals surface area contributed by atoms with Gasteiger partial charge in [-0.2, -0.15) is 0 Å². The summed E-state index contributed by atoms with van der Waals surface area (Å²) in [6, 6.07) is 6.85. The quantitative estimate of drug-likeness (QED) is 0.756. The number of methoxy groups -OCH3 is 1. The van der Waals surface area contributed by atoms with E-state index < -0.39 is 0 Å². The third kappa shape index (κ3) is 5.88. The van der Waals surface area contributed by atoms with Crippen LogP contribution in [0.3, 0.4) is 0 Å². The molecule has 2 amide bonds. The molecule has 1 aliphatic heterocycles. The van der Waals surface area contributed by atoms with E-state index in [4.69, 9.17) is 14.2 Å². The Hall–Kier alpha value is -2.12. The van der Waals surface area contributed by atoms with Crippen molar-refractivity contribution in [2.24, 2.45) is 0 Å². The first kappa shape index (κ1) is 17.2. The third-order valence-corrected chi connectivity index (χ3v) is 3.38. The van der Waals surface area contributed by atoms with Crippen LogP contribution in [0, 0.1) is 0 Å². The van der Waals surface area contributed by atoms with Crippen molar-refractivity contribution in [1.29, 1.82) is 0 Å². The lowest BCUT2D eigenvalue weighted by Crippen LogP contribution is -2.40. The van der Waals surface area contributed by atoms with Gasteiger partial charge < -0.3 is 24.8 Å². The molecule has 1 atom stereocenters. The standard InChI is InChI=1S/C16H22N2O5/c1-21-13-4-2-3-12(9-13)16(20)17-6-5-15(19)18-10-14-11-22-7-8-23-14/h2-4,9,14H,5-8,10-11H2,1H3,(H,17,20)(H,18,19)/t14-/m0/s1. The van der Waals surface area contributed by atoms with E-state index in [-0.39, 0.29) is 30.9 Å². The molecule has 1 aliphatic rings. The molecule has 1 aromatic rings. The summed E-state index contributed by atoms with van der Waals surface area (Å²) >= 11 is 0. The smallest absolute Gasteiger partial charge is 0.251 e. The van der Waals surface area contributed by atoms with E-state index in [1.165, 1.54) is 0 Å². The van der Waals surface area contributed by atoms with E-state index >= 15 is 0 Å². The van der Waals surface area contributed by atoms with E-state index in [0.29, 0.717) is 37.7 Å². The zero-order valence-corrected chi connectivity index (χ0v) is 13.2. The number of hydrogen-bond acceptors (Lipinski definition) is 5. The summed E-state index contributed by atoms with van der Waals surface area (Å²) < 4.78 is 15.8. The largest absolute Gasteiger partial charge is 0.497 e. The van der Waals surface area contributed by atoms with E-state index in [2.05, 4.69) is 10.6 Å². The first-order valence-electron chi connectivity index (χ1n) is 7.57. The maximum Gasteiger partial charge on any atom is 0.251 e. The molecule has 0 spiro atoms. The Bertz CT molecular complexity index is 529. The van der Waals surface area contributed by atoms with Crippen molar-refractivity contribution in [1.82, 2.24) is 10.6 Å². The topological polar surface area (TPSA) is 85.9 Å². The van der Waals surface area contributed by atoms with Gasteiger partial charge in [0.15, 0.2) is 0 Å². The molecule has 7 nitrogen and oxygen atoms in total. The first-order chi connectivity index (χ1) is 11.2. The second-order valence-corrected chi connectivity index (χ2v) is 5.11. The summed E-state index contributed by atoms with van der Waals surface area (Å²) in [5.74, 6) is 0.246. The molecule has 0 unspecified atom stereocenters. The summed E-state index contributed by atoms with van der Waals surface area (Å²) in [7, 11) is 1.54. The van der Waals surface area contributed by atoms with Crippen LogP contribution in [-0.2, 0) is 14.3 Å². The average Bonchev–Trinajstić information content (AvgIpc) is 2.60. The molecule has 0 radical (unpaired) electrons. The Morgan fingerprint density at radius 3 is 2.91 bits per heavy atom. The number of ether oxygens (including phenoxy) is 3. The van der Waals surface area contributed by atoms with E-state index in [1.54, 1.807) is 31.4 Å². The van der Waals surface area contributed by atoms with Crippen LogP contribution in [-0.4, -0.2) is 57.9 Å². The van der Waals surface area contributed by atoms with Crippen LogP contribution in [0.5, 0.6) is 5.75 Å². The van der Waals surface area contributed by atoms with Crippen molar-refractivity contribution in [3.8, 4) is 5.75 Å². The van der Waals surface area contributed by atoms with Gasteiger partial charge >= 0.3 is 0 Å². The van der Waals surface area contributed by atoms with Gasteiger partial charge in [-0.15, -0.1) is 0 Å². The lowest BCUT2D eigenvalue weighted by Gasteiger charge is -2.23. The first-order valence-corrected chi connectivity index (χ1v) is 7.57. The summed E-state index contributed by atoms with van der Waals surface area (Å²) in [5, 5.41) is 5.48. The van der Waals surface area contributed by atoms with Crippen molar-refractivity contribution in [3.05, 3.63) is 29.8 Å². The minimum absolute atomic E-state index is 0.0981. The molecule has 7 heteroatoms. The van der Waals surface area contributed by atoms with Crippen molar-refractivity contribution < 1.29 is 23.8 Å². The monoisotopic (exact) mass is 322 g/mol. The second-order valence-electron chi connectivity index (χ2n) is 5.11. The van der Waals surface area contributed by atoms with Crippen LogP contribution >= 0.6 is 0 Å². The number of carbonyl (C=O) groups excluding carboxylic acids is 2. The Labute approximate surface area is 135 Å². The Morgan fingerprint density at radius 2 is 2.17 bits per heavy atom. The molecule has 126 valence electrons. The maximum atomic E-state index is 12.0. The number of benzene rings is 1. The minimum Gasteiger partial charge on any atom is -0.497 e. The van der Waals surface area contributed by atoms with Gasteiger partial charge in [0, 0.05) is 25.1 Å². The number of nitrogens with one attached hydrogen (secondary N) is 2. The molecular weight excluding hydrogens is 300 g/mol. The zero-order chi connectivity index (χ0) is 16.5. The van der Waals surface area contributed by atoms with Crippen LogP contribution < -0.4 is 15.4 Å². The molecule has 0 aliphatic carbocycles. The number of carbonyl (C=O) groups is 2. The van der Waals surface area contributed by atoms with Gasteiger partial charge in [0.05, 0.1) is 33.0 Å². The second kappa shape index (κ2) is 9.12. The highest BCUT2D eigenvalue weighted by atomic mass is 16.6. The molecule has 0 saturated carbocycles. The van der Waals surface area contributed by atoms with E-state index in [0.717, 1.165) is 0 Å². The minimum atomic E-state index is -0.235. The molecule has 0 aromatic heterocycles. The molecule has 1 saturated heterocycles. The summed E-state index contributed by atoms with van der Waals surface area (Å²) in [4.78, 5) is 23.7. The molecule has 1 aromatic carbocycles. The van der Waals surface area contributed by atoms with Crippen molar-refractivity contribution in [3.63, 3.8) is 0 Å². The molecule has 1 fully saturated rings. The van der Waals surface area contributed by atoms with Gasteiger partial charge in [-0.1, -0.05) is 6.07 Å². The maximum absolute atomic E-state index is 12.0. The third-order valence-electron chi connectivity index (χ3n) is 3.38. The summed E-state index contributed by atoms with van der Waals surface area (Å²) in [6.45, 7) is 2.33. The fourth-order valence-corrected chi connectivity index (χ4v) is 2.13. The summed E-state index contributed by atoms with van der Waals surface area (Å²) in [5.41, 5.74) is 0.498. The normalized spacial score (nSPS) is 17.3. The predicted octanol–water partition coefficient (Wildman–Crippen LogP) is 0.347. The molecular formula is C16H22N2O5. The average molecular weight is 322 g/mol. The van der Waals surface area contributed by atoms with Gasteiger partial charge in [0.25, 0.3) is 5.91 Å². The van der Waals surface area contributed by atoms with Gasteiger partial charge in [-0.3, -0.25) is 9.59 Å². The zero-order valence-electron chi connectivity index (χ0n) is 13.2. The van der Waals surface area contributed by atoms with E-state index in [1.807, 2.05) is 0 Å². The molecule has 2 N–H and O–H groups in total. The fraction of sp³-hybridized carbons (Fsp3) is 0.500. The lowest BCUT2D eigenvalue weighted by molar-refractivity contribution is -0.123. The van der Waals surface area contributed by atoms with Crippen LogP contribution in [0.25, 0.3) is 0 Å². The predicted molar refractivity (Wildman–Crippen MR) is 83.5 cm³/mol. The molecule has 2 rings (SSSR count). The van der Waals surface area contributed by atoms with Crippen molar-refractivity contribution >= 4 is 11.8 Å². The van der Waals surface area contributed by atoms with Crippen LogP contribution in [0.15, 0.2) is 24.3 Å². The van der Waals surface area contributed by atoms with Gasteiger partial charge in [0.1, 0.15) is 5.75 Å². The van der Waals surface area contributed by atoms with Gasteiger partial charge in [-0.05, 0) is 18.2 Å². The summed E-state index contributed by atoms with van der Waals surface area (Å²) in [6.07, 6.45) is 0.114. The highest BCUT2D eigenvalue weighted by molar-refractivity contribution is 5.94. The fourth-order valence-electron chi connectivity index (χ4n) is 2.13. The Kier molecular flexibility index (Phi) is 6.83. The SMILES string of the molecule is COc1cccc(C(=O)NCCC(=O)NC[C@H]2COCCO2)c1. The van der Waals surface area contributed by atoms with Crippen molar-refractivity contribution in [2.45, 2.75) is 12.5 Å². The number of rotatable bonds is 7. The number of amides is 2. The Balaban J connectivity index is 1.65. The lowest BCUT2D eigenvalue weighted by atomic mass is 10.2. The molecule has 0 bridgehead atoms. The van der Waals surface area contributed by atoms with Crippen LogP contribution in [0.1, 0.15) is 16.8 Å². The molecule has 23 heavy (non-hydrogen) atoms. The van der Waals surface area contributed by atoms with Crippen LogP contribution in [0.4, 0.5) is 0 Å². The van der Waals surface area contributed by atoms with E-state index in [9.17, 15) is 9.59 Å². The highest BCUT2D eigenvalue weighted by Gasteiger charge is 2.15. The van der Waals surface area contributed by atoms with Crippen LogP contribution in [0.2, 0.25) is 0 Å². The molecule has 1 heterocycles. The highest BCUT2D eigenvalue weighted by Crippen LogP contribution is 2.12. The Morgan fingerprint density at radius 1 is 1.30 bits per heavy atom. The van der Waals surface area contributed by atoms with Crippen molar-refractivity contribution in [2.75, 3.05) is 40.0 Å². The van der Waals surface area contributed by atoms with Gasteiger partial charge in [-0.25, -0.2) is 0 Å². The van der Waals surface area contributed by atoms with Gasteiger partial charge in [0.2, 0.25) is 5.91 Å². The number of hydrogen-bond donors (Lipinski definition) is 2.